The molecule has 16 heavy (non-hydrogen) atoms. The summed E-state index contributed by atoms with van der Waals surface area (Å²) in [5, 5.41) is 0. The van der Waals surface area contributed by atoms with Crippen LogP contribution in [0.15, 0.2) is 43.2 Å². The number of fused-ring (bicyclic) bond motifs is 1. The van der Waals surface area contributed by atoms with Gasteiger partial charge in [0.25, 0.3) is 0 Å². The molecule has 0 aliphatic heterocycles. The smallest absolute Gasteiger partial charge is 0.357 e. The molecule has 3 rings (SSSR count). The van der Waals surface area contributed by atoms with Crippen LogP contribution >= 0.6 is 0 Å². The third kappa shape index (κ3) is 1.61. The Bertz CT molecular complexity index is 592. The second-order valence-electron chi connectivity index (χ2n) is 3.08. The van der Waals surface area contributed by atoms with Crippen LogP contribution in [-0.2, 0) is 0 Å². The number of pyridine rings is 1. The molecule has 3 aromatic heterocycles. The van der Waals surface area contributed by atoms with Crippen LogP contribution in [0.3, 0.4) is 0 Å². The summed E-state index contributed by atoms with van der Waals surface area (Å²) >= 11 is 0. The molecule has 0 unspecified atom stereocenters. The molecule has 0 aliphatic carbocycles. The zero-order valence-electron chi connectivity index (χ0n) is 8.21. The Labute approximate surface area is 97.6 Å². The Morgan fingerprint density at radius 1 is 1.00 bits per heavy atom. The third-order valence-corrected chi connectivity index (χ3v) is 2.16. The largest absolute Gasteiger partial charge is 1.00 e. The van der Waals surface area contributed by atoms with E-state index in [0.29, 0.717) is 5.65 Å². The minimum atomic E-state index is 0. The molecular weight excluding hydrogens is 226 g/mol. The fourth-order valence-electron chi connectivity index (χ4n) is 1.49. The minimum Gasteiger partial charge on any atom is -1.00 e. The average molecular weight is 234 g/mol. The van der Waals surface area contributed by atoms with Crippen molar-refractivity contribution in [1.29, 1.82) is 0 Å². The highest BCUT2D eigenvalue weighted by atomic mass is 35.5. The highest BCUT2D eigenvalue weighted by Crippen LogP contribution is 2.08. The molecule has 5 nitrogen and oxygen atoms in total. The van der Waals surface area contributed by atoms with E-state index in [1.54, 1.807) is 6.33 Å². The molecule has 3 aromatic rings. The first-order valence-electron chi connectivity index (χ1n) is 4.56. The Morgan fingerprint density at radius 3 is 2.62 bits per heavy atom. The van der Waals surface area contributed by atoms with E-state index in [4.69, 9.17) is 0 Å². The molecule has 0 aliphatic rings. The van der Waals surface area contributed by atoms with Gasteiger partial charge in [-0.2, -0.15) is 4.98 Å². The minimum absolute atomic E-state index is 0. The number of H-pyrrole nitrogens is 1. The molecular formula is C10H8ClN5. The van der Waals surface area contributed by atoms with Gasteiger partial charge in [-0.3, -0.25) is 0 Å². The summed E-state index contributed by atoms with van der Waals surface area (Å²) in [7, 11) is 0. The molecule has 0 fully saturated rings. The topological polar surface area (TPSA) is 58.3 Å². The number of halogens is 1. The Balaban J connectivity index is 0.000000963. The van der Waals surface area contributed by atoms with Crippen molar-refractivity contribution < 1.29 is 17.0 Å². The zero-order chi connectivity index (χ0) is 10.1. The lowest BCUT2D eigenvalue weighted by Crippen LogP contribution is -3.00. The number of nitrogens with zero attached hydrogens (tertiary/aromatic N) is 4. The number of imidazole rings is 1. The van der Waals surface area contributed by atoms with Crippen molar-refractivity contribution in [1.82, 2.24) is 19.9 Å². The second-order valence-corrected chi connectivity index (χ2v) is 3.08. The van der Waals surface area contributed by atoms with Crippen LogP contribution in [0.5, 0.6) is 0 Å². The fourth-order valence-corrected chi connectivity index (χ4v) is 1.49. The third-order valence-electron chi connectivity index (χ3n) is 2.16. The quantitative estimate of drug-likeness (QED) is 0.478. The molecule has 80 valence electrons. The number of rotatable bonds is 1. The lowest BCUT2D eigenvalue weighted by Gasteiger charge is -1.94. The van der Waals surface area contributed by atoms with Gasteiger partial charge in [0.2, 0.25) is 6.33 Å². The Hall–Kier alpha value is -2.01. The molecule has 0 spiro atoms. The van der Waals surface area contributed by atoms with Gasteiger partial charge < -0.3 is 17.4 Å². The summed E-state index contributed by atoms with van der Waals surface area (Å²) in [4.78, 5) is 15.4. The normalized spacial score (nSPS) is 10.0. The highest BCUT2D eigenvalue weighted by Gasteiger charge is 2.14. The van der Waals surface area contributed by atoms with Crippen LogP contribution in [0.1, 0.15) is 0 Å². The van der Waals surface area contributed by atoms with E-state index in [9.17, 15) is 0 Å². The van der Waals surface area contributed by atoms with Crippen molar-refractivity contribution in [3.63, 3.8) is 0 Å². The molecule has 0 bridgehead atoms. The maximum atomic E-state index is 4.23. The van der Waals surface area contributed by atoms with Crippen molar-refractivity contribution in [2.75, 3.05) is 0 Å². The summed E-state index contributed by atoms with van der Waals surface area (Å²) in [6, 6.07) is 5.86. The molecule has 0 amide bonds. The van der Waals surface area contributed by atoms with Gasteiger partial charge in [0, 0.05) is 0 Å². The fraction of sp³-hybridized carbons (Fsp3) is 0. The van der Waals surface area contributed by atoms with Crippen molar-refractivity contribution in [3.8, 4) is 5.82 Å². The number of nitrogens with one attached hydrogen (secondary N) is 1. The summed E-state index contributed by atoms with van der Waals surface area (Å²) < 4.78 is 1.92. The molecule has 1 N–H and O–H groups in total. The molecule has 0 saturated heterocycles. The summed E-state index contributed by atoms with van der Waals surface area (Å²) in [5.41, 5.74) is 1.52. The maximum Gasteiger partial charge on any atom is 0.357 e. The van der Waals surface area contributed by atoms with Gasteiger partial charge in [0.05, 0.1) is 18.7 Å². The Morgan fingerprint density at radius 2 is 1.81 bits per heavy atom. The van der Waals surface area contributed by atoms with E-state index in [1.807, 2.05) is 35.2 Å². The second kappa shape index (κ2) is 4.24. The maximum absolute atomic E-state index is 4.23. The first-order valence-corrected chi connectivity index (χ1v) is 4.56. The zero-order valence-corrected chi connectivity index (χ0v) is 8.96. The van der Waals surface area contributed by atoms with E-state index >= 15 is 0 Å². The lowest BCUT2D eigenvalue weighted by atomic mass is 10.4. The van der Waals surface area contributed by atoms with E-state index in [2.05, 4.69) is 19.9 Å². The van der Waals surface area contributed by atoms with Crippen molar-refractivity contribution in [3.05, 3.63) is 43.2 Å². The van der Waals surface area contributed by atoms with Gasteiger partial charge >= 0.3 is 5.82 Å². The molecule has 0 atom stereocenters. The summed E-state index contributed by atoms with van der Waals surface area (Å²) in [6.07, 6.45) is 7.00. The van der Waals surface area contributed by atoms with Crippen LogP contribution in [0.25, 0.3) is 17.0 Å². The number of aromatic amines is 1. The van der Waals surface area contributed by atoms with Crippen molar-refractivity contribution in [2.24, 2.45) is 0 Å². The van der Waals surface area contributed by atoms with E-state index in [1.165, 1.54) is 6.33 Å². The summed E-state index contributed by atoms with van der Waals surface area (Å²) in [6.45, 7) is 0. The number of hydrogen-bond acceptors (Lipinski definition) is 3. The number of hydrogen-bond donors (Lipinski definition) is 1. The van der Waals surface area contributed by atoms with Crippen LogP contribution in [0.4, 0.5) is 0 Å². The first kappa shape index (κ1) is 10.5. The van der Waals surface area contributed by atoms with Gasteiger partial charge in [-0.05, 0) is 17.1 Å². The van der Waals surface area contributed by atoms with Crippen molar-refractivity contribution >= 4 is 11.2 Å². The predicted molar refractivity (Wildman–Crippen MR) is 53.2 cm³/mol. The van der Waals surface area contributed by atoms with E-state index < -0.39 is 0 Å². The Kier molecular flexibility index (Phi) is 2.78. The van der Waals surface area contributed by atoms with E-state index in [0.717, 1.165) is 11.3 Å². The molecule has 3 heterocycles. The van der Waals surface area contributed by atoms with Gasteiger partial charge in [-0.1, -0.05) is 6.07 Å². The molecule has 0 aromatic carbocycles. The standard InChI is InChI=1S/C10H8N5.ClH/c1-2-4-15(5-3-1)10-8-9(12-6-11-8)13-7-14-10;/h1-7H,(H,11,12,13,14);1H/q+1;/p-1. The SMILES string of the molecule is [Cl-].c1cc[n+](-c2ncnc3nc[nH]c23)cc1. The monoisotopic (exact) mass is 233 g/mol. The van der Waals surface area contributed by atoms with E-state index in [-0.39, 0.29) is 12.4 Å². The van der Waals surface area contributed by atoms with Crippen LogP contribution in [-0.4, -0.2) is 19.9 Å². The molecule has 6 heteroatoms. The first-order chi connectivity index (χ1) is 7.45. The highest BCUT2D eigenvalue weighted by molar-refractivity contribution is 5.74. The molecule has 0 radical (unpaired) electrons. The number of aromatic nitrogens is 5. The van der Waals surface area contributed by atoms with Gasteiger partial charge in [0.15, 0.2) is 11.2 Å². The van der Waals surface area contributed by atoms with Gasteiger partial charge in [0.1, 0.15) is 0 Å². The van der Waals surface area contributed by atoms with Gasteiger partial charge in [-0.25, -0.2) is 9.55 Å². The van der Waals surface area contributed by atoms with Crippen LogP contribution in [0.2, 0.25) is 0 Å². The van der Waals surface area contributed by atoms with Crippen LogP contribution in [0, 0.1) is 0 Å². The lowest BCUT2D eigenvalue weighted by molar-refractivity contribution is -0.598. The summed E-state index contributed by atoms with van der Waals surface area (Å²) in [5.74, 6) is 0.804. The average Bonchev–Trinajstić information content (AvgIpc) is 2.78. The van der Waals surface area contributed by atoms with Crippen LogP contribution < -0.4 is 17.0 Å². The predicted octanol–water partition coefficient (Wildman–Crippen LogP) is -2.37. The van der Waals surface area contributed by atoms with Crippen molar-refractivity contribution in [2.45, 2.75) is 0 Å². The van der Waals surface area contributed by atoms with Gasteiger partial charge in [-0.15, -0.1) is 0 Å². The molecule has 0 saturated carbocycles.